The van der Waals surface area contributed by atoms with Crippen molar-refractivity contribution >= 4 is 11.8 Å². The highest BCUT2D eigenvalue weighted by Gasteiger charge is 2.35. The van der Waals surface area contributed by atoms with E-state index in [0.717, 1.165) is 44.8 Å². The van der Waals surface area contributed by atoms with E-state index in [1.807, 2.05) is 11.0 Å². The van der Waals surface area contributed by atoms with Crippen molar-refractivity contribution < 1.29 is 4.79 Å². The van der Waals surface area contributed by atoms with Gasteiger partial charge in [-0.25, -0.2) is 4.79 Å². The van der Waals surface area contributed by atoms with Crippen LogP contribution in [0, 0.1) is 0 Å². The van der Waals surface area contributed by atoms with Gasteiger partial charge < -0.3 is 10.2 Å². The number of anilines is 1. The molecule has 3 heterocycles. The number of carbonyl (C=O) groups excluding carboxylic acids is 1. The normalized spacial score (nSPS) is 22.5. The van der Waals surface area contributed by atoms with E-state index in [9.17, 15) is 4.79 Å². The van der Waals surface area contributed by atoms with Gasteiger partial charge >= 0.3 is 6.03 Å². The fraction of sp³-hybridized carbons (Fsp3) is 0.636. The Balaban J connectivity index is 1.71. The average Bonchev–Trinajstić information content (AvgIpc) is 2.99. The van der Waals surface area contributed by atoms with E-state index in [4.69, 9.17) is 0 Å². The van der Waals surface area contributed by atoms with Crippen molar-refractivity contribution in [3.8, 4) is 0 Å². The van der Waals surface area contributed by atoms with Gasteiger partial charge in [-0.2, -0.15) is 5.10 Å². The molecule has 0 aliphatic carbocycles. The van der Waals surface area contributed by atoms with Crippen LogP contribution in [0.25, 0.3) is 0 Å². The van der Waals surface area contributed by atoms with Gasteiger partial charge in [0.15, 0.2) is 0 Å². The van der Waals surface area contributed by atoms with Crippen molar-refractivity contribution in [2.75, 3.05) is 31.1 Å². The topological polar surface area (TPSA) is 64.3 Å². The third-order valence-electron chi connectivity index (χ3n) is 3.57. The summed E-state index contributed by atoms with van der Waals surface area (Å²) in [5, 5.41) is 10.1. The molecule has 17 heavy (non-hydrogen) atoms. The predicted octanol–water partition coefficient (Wildman–Crippen LogP) is 0.404. The first-order valence-electron chi connectivity index (χ1n) is 6.14. The third kappa shape index (κ3) is 1.88. The zero-order valence-electron chi connectivity index (χ0n) is 9.72. The molecule has 0 aromatic carbocycles. The van der Waals surface area contributed by atoms with Crippen molar-refractivity contribution in [1.82, 2.24) is 20.4 Å². The molecule has 6 heteroatoms. The molecule has 0 bridgehead atoms. The van der Waals surface area contributed by atoms with Gasteiger partial charge in [0.05, 0.1) is 6.20 Å². The lowest BCUT2D eigenvalue weighted by atomic mass is 10.1. The molecule has 1 aromatic heterocycles. The molecule has 0 radical (unpaired) electrons. The lowest BCUT2D eigenvalue weighted by molar-refractivity contribution is 0.185. The second-order valence-electron chi connectivity index (χ2n) is 4.55. The minimum absolute atomic E-state index is 0.112. The van der Waals surface area contributed by atoms with Gasteiger partial charge in [0.25, 0.3) is 0 Å². The highest BCUT2D eigenvalue weighted by molar-refractivity contribution is 5.93. The molecule has 0 atom stereocenters. The van der Waals surface area contributed by atoms with Crippen molar-refractivity contribution in [2.24, 2.45) is 0 Å². The maximum atomic E-state index is 12.3. The van der Waals surface area contributed by atoms with E-state index in [-0.39, 0.29) is 6.03 Å². The Bertz CT molecular complexity index is 385. The van der Waals surface area contributed by atoms with E-state index < -0.39 is 0 Å². The Morgan fingerprint density at radius 2 is 2.12 bits per heavy atom. The summed E-state index contributed by atoms with van der Waals surface area (Å²) in [7, 11) is 0. The number of nitrogens with zero attached hydrogens (tertiary/aromatic N) is 3. The van der Waals surface area contributed by atoms with Gasteiger partial charge in [-0.15, -0.1) is 0 Å². The van der Waals surface area contributed by atoms with Gasteiger partial charge in [0, 0.05) is 25.2 Å². The van der Waals surface area contributed by atoms with Crippen LogP contribution in [0.5, 0.6) is 0 Å². The summed E-state index contributed by atoms with van der Waals surface area (Å²) in [5.74, 6) is 0.798. The van der Waals surface area contributed by atoms with Crippen LogP contribution >= 0.6 is 0 Å². The quantitative estimate of drug-likeness (QED) is 0.780. The van der Waals surface area contributed by atoms with E-state index >= 15 is 0 Å². The molecule has 1 aromatic rings. The first-order chi connectivity index (χ1) is 8.36. The molecule has 6 nitrogen and oxygen atoms in total. The van der Waals surface area contributed by atoms with Crippen molar-refractivity contribution in [3.05, 3.63) is 12.3 Å². The molecular formula is C11H17N5O. The number of rotatable bonds is 2. The summed E-state index contributed by atoms with van der Waals surface area (Å²) in [5.41, 5.74) is 0. The van der Waals surface area contributed by atoms with Crippen molar-refractivity contribution in [3.63, 3.8) is 0 Å². The molecule has 0 saturated carbocycles. The van der Waals surface area contributed by atoms with Gasteiger partial charge in [0.1, 0.15) is 5.82 Å². The Hall–Kier alpha value is -1.56. The highest BCUT2D eigenvalue weighted by Crippen LogP contribution is 2.22. The first kappa shape index (κ1) is 10.6. The molecule has 2 N–H and O–H groups in total. The van der Waals surface area contributed by atoms with Gasteiger partial charge in [-0.1, -0.05) is 0 Å². The Morgan fingerprint density at radius 1 is 1.29 bits per heavy atom. The smallest absolute Gasteiger partial charge is 0.319 e. The number of urea groups is 1. The molecule has 2 aliphatic heterocycles. The second kappa shape index (κ2) is 4.37. The van der Waals surface area contributed by atoms with E-state index in [1.165, 1.54) is 0 Å². The summed E-state index contributed by atoms with van der Waals surface area (Å²) < 4.78 is 0. The highest BCUT2D eigenvalue weighted by atomic mass is 16.2. The van der Waals surface area contributed by atoms with Gasteiger partial charge in [-0.05, 0) is 25.9 Å². The second-order valence-corrected chi connectivity index (χ2v) is 4.55. The van der Waals surface area contributed by atoms with Crippen LogP contribution < -0.4 is 10.2 Å². The number of hydrogen-bond acceptors (Lipinski definition) is 3. The fourth-order valence-electron chi connectivity index (χ4n) is 2.63. The molecule has 0 unspecified atom stereocenters. The number of nitrogens with one attached hydrogen (secondary N) is 2. The fourth-order valence-corrected chi connectivity index (χ4v) is 2.63. The van der Waals surface area contributed by atoms with Crippen molar-refractivity contribution in [1.29, 1.82) is 0 Å². The lowest BCUT2D eigenvalue weighted by Gasteiger charge is -2.31. The van der Waals surface area contributed by atoms with Crippen LogP contribution in [-0.4, -0.2) is 53.3 Å². The number of aromatic nitrogens is 2. The maximum Gasteiger partial charge on any atom is 0.326 e. The SMILES string of the molecule is O=C1N(c2ccn[nH]2)CCN1C1CCNCC1. The monoisotopic (exact) mass is 235 g/mol. The summed E-state index contributed by atoms with van der Waals surface area (Å²) in [6.45, 7) is 3.60. The van der Waals surface area contributed by atoms with Crippen LogP contribution in [-0.2, 0) is 0 Å². The van der Waals surface area contributed by atoms with E-state index in [0.29, 0.717) is 6.04 Å². The average molecular weight is 235 g/mol. The maximum absolute atomic E-state index is 12.3. The number of hydrogen-bond donors (Lipinski definition) is 2. The van der Waals surface area contributed by atoms with Crippen LogP contribution in [0.1, 0.15) is 12.8 Å². The van der Waals surface area contributed by atoms with Crippen LogP contribution in [0.15, 0.2) is 12.3 Å². The lowest BCUT2D eigenvalue weighted by Crippen LogP contribution is -2.45. The van der Waals surface area contributed by atoms with Crippen LogP contribution in [0.3, 0.4) is 0 Å². The summed E-state index contributed by atoms with van der Waals surface area (Å²) in [6, 6.07) is 2.35. The molecule has 2 aliphatic rings. The molecular weight excluding hydrogens is 218 g/mol. The number of amides is 2. The molecule has 2 fully saturated rings. The minimum atomic E-state index is 0.112. The first-order valence-corrected chi connectivity index (χ1v) is 6.14. The number of aromatic amines is 1. The number of carbonyl (C=O) groups is 1. The largest absolute Gasteiger partial charge is 0.326 e. The number of H-pyrrole nitrogens is 1. The zero-order valence-corrected chi connectivity index (χ0v) is 9.72. The van der Waals surface area contributed by atoms with Gasteiger partial charge in [-0.3, -0.25) is 10.00 Å². The third-order valence-corrected chi connectivity index (χ3v) is 3.57. The summed E-state index contributed by atoms with van der Waals surface area (Å²) >= 11 is 0. The Kier molecular flexibility index (Phi) is 2.72. The van der Waals surface area contributed by atoms with Crippen LogP contribution in [0.4, 0.5) is 10.6 Å². The van der Waals surface area contributed by atoms with E-state index in [1.54, 1.807) is 11.1 Å². The molecule has 0 spiro atoms. The van der Waals surface area contributed by atoms with E-state index in [2.05, 4.69) is 15.5 Å². The predicted molar refractivity (Wildman–Crippen MR) is 63.9 cm³/mol. The Morgan fingerprint density at radius 3 is 2.82 bits per heavy atom. The minimum Gasteiger partial charge on any atom is -0.319 e. The number of piperidine rings is 1. The molecule has 92 valence electrons. The molecule has 3 rings (SSSR count). The van der Waals surface area contributed by atoms with Crippen LogP contribution in [0.2, 0.25) is 0 Å². The van der Waals surface area contributed by atoms with Gasteiger partial charge in [0.2, 0.25) is 0 Å². The Labute approximate surface area is 100.0 Å². The molecule has 2 saturated heterocycles. The zero-order chi connectivity index (χ0) is 11.7. The molecule has 2 amide bonds. The summed E-state index contributed by atoms with van der Waals surface area (Å²) in [6.07, 6.45) is 3.79. The summed E-state index contributed by atoms with van der Waals surface area (Å²) in [4.78, 5) is 16.1. The standard InChI is InChI=1S/C11H17N5O/c17-11-15(9-1-4-12-5-2-9)7-8-16(11)10-3-6-13-14-10/h3,6,9,12H,1-2,4-5,7-8H2,(H,13,14). The van der Waals surface area contributed by atoms with Crippen molar-refractivity contribution in [2.45, 2.75) is 18.9 Å².